The highest BCUT2D eigenvalue weighted by Crippen LogP contribution is 2.14. The standard InChI is InChI=1S/C20H26N4S/c1-4-13-24(5-2)19-11-9-17(10-12-19)15-21-23-20(25)22-18-8-6-7-16(3)14-18/h6-12,14-15H,4-5,13H2,1-3H3,(H2,22,23,25). The molecule has 0 radical (unpaired) electrons. The Morgan fingerprint density at radius 1 is 1.16 bits per heavy atom. The minimum Gasteiger partial charge on any atom is -0.372 e. The Kier molecular flexibility index (Phi) is 7.41. The molecule has 0 aliphatic carbocycles. The molecule has 0 amide bonds. The minimum absolute atomic E-state index is 0.471. The van der Waals surface area contributed by atoms with Crippen LogP contribution >= 0.6 is 12.2 Å². The zero-order valence-electron chi connectivity index (χ0n) is 15.1. The molecule has 25 heavy (non-hydrogen) atoms. The summed E-state index contributed by atoms with van der Waals surface area (Å²) in [6.45, 7) is 8.51. The molecule has 0 bridgehead atoms. The molecule has 0 spiro atoms. The van der Waals surface area contributed by atoms with E-state index in [-0.39, 0.29) is 0 Å². The third-order valence-electron chi connectivity index (χ3n) is 3.79. The van der Waals surface area contributed by atoms with E-state index in [0.29, 0.717) is 5.11 Å². The lowest BCUT2D eigenvalue weighted by Crippen LogP contribution is -2.24. The number of benzene rings is 2. The number of nitrogens with one attached hydrogen (secondary N) is 2. The van der Waals surface area contributed by atoms with Gasteiger partial charge in [0.15, 0.2) is 5.11 Å². The smallest absolute Gasteiger partial charge is 0.191 e. The molecule has 0 aromatic heterocycles. The van der Waals surface area contributed by atoms with Crippen molar-refractivity contribution in [2.24, 2.45) is 5.10 Å². The predicted molar refractivity (Wildman–Crippen MR) is 113 cm³/mol. The Morgan fingerprint density at radius 2 is 1.92 bits per heavy atom. The summed E-state index contributed by atoms with van der Waals surface area (Å²) in [6, 6.07) is 16.4. The van der Waals surface area contributed by atoms with Crippen LogP contribution in [0.2, 0.25) is 0 Å². The van der Waals surface area contributed by atoms with Crippen molar-refractivity contribution in [2.75, 3.05) is 23.3 Å². The first-order chi connectivity index (χ1) is 12.1. The van der Waals surface area contributed by atoms with Crippen LogP contribution in [-0.4, -0.2) is 24.4 Å². The highest BCUT2D eigenvalue weighted by atomic mass is 32.1. The number of hydrogen-bond acceptors (Lipinski definition) is 3. The van der Waals surface area contributed by atoms with E-state index >= 15 is 0 Å². The molecule has 0 unspecified atom stereocenters. The first-order valence-corrected chi connectivity index (χ1v) is 9.05. The fourth-order valence-electron chi connectivity index (χ4n) is 2.56. The van der Waals surface area contributed by atoms with Gasteiger partial charge in [0.05, 0.1) is 6.21 Å². The zero-order valence-corrected chi connectivity index (χ0v) is 15.9. The monoisotopic (exact) mass is 354 g/mol. The van der Waals surface area contributed by atoms with Gasteiger partial charge in [-0.25, -0.2) is 0 Å². The van der Waals surface area contributed by atoms with Crippen molar-refractivity contribution in [2.45, 2.75) is 27.2 Å². The largest absolute Gasteiger partial charge is 0.372 e. The van der Waals surface area contributed by atoms with Crippen LogP contribution in [0.25, 0.3) is 0 Å². The van der Waals surface area contributed by atoms with Crippen molar-refractivity contribution in [1.29, 1.82) is 0 Å². The van der Waals surface area contributed by atoms with Gasteiger partial charge in [-0.15, -0.1) is 0 Å². The molecule has 5 heteroatoms. The van der Waals surface area contributed by atoms with Gasteiger partial charge in [-0.05, 0) is 67.9 Å². The number of hydrazone groups is 1. The molecule has 2 aromatic rings. The van der Waals surface area contributed by atoms with Gasteiger partial charge in [-0.3, -0.25) is 5.43 Å². The van der Waals surface area contributed by atoms with Gasteiger partial charge in [-0.2, -0.15) is 5.10 Å². The molecule has 2 N–H and O–H groups in total. The number of anilines is 2. The maximum absolute atomic E-state index is 5.25. The van der Waals surface area contributed by atoms with Gasteiger partial charge < -0.3 is 10.2 Å². The van der Waals surface area contributed by atoms with Crippen molar-refractivity contribution < 1.29 is 0 Å². The lowest BCUT2D eigenvalue weighted by atomic mass is 10.2. The zero-order chi connectivity index (χ0) is 18.1. The maximum Gasteiger partial charge on any atom is 0.191 e. The van der Waals surface area contributed by atoms with E-state index in [0.717, 1.165) is 30.8 Å². The number of nitrogens with zero attached hydrogens (tertiary/aromatic N) is 2. The number of hydrogen-bond donors (Lipinski definition) is 2. The Balaban J connectivity index is 1.88. The Hall–Kier alpha value is -2.40. The van der Waals surface area contributed by atoms with E-state index in [4.69, 9.17) is 12.2 Å². The normalized spacial score (nSPS) is 10.7. The van der Waals surface area contributed by atoms with Crippen LogP contribution in [-0.2, 0) is 0 Å². The van der Waals surface area contributed by atoms with Crippen LogP contribution in [0, 0.1) is 6.92 Å². The third kappa shape index (κ3) is 6.19. The second kappa shape index (κ2) is 9.79. The van der Waals surface area contributed by atoms with Gasteiger partial charge in [-0.1, -0.05) is 31.2 Å². The molecule has 0 aliphatic rings. The second-order valence-corrected chi connectivity index (χ2v) is 6.27. The molecule has 2 rings (SSSR count). The van der Waals surface area contributed by atoms with Crippen LogP contribution in [0.5, 0.6) is 0 Å². The van der Waals surface area contributed by atoms with Crippen molar-refractivity contribution in [3.63, 3.8) is 0 Å². The van der Waals surface area contributed by atoms with Crippen molar-refractivity contribution in [3.05, 3.63) is 59.7 Å². The summed E-state index contributed by atoms with van der Waals surface area (Å²) in [6.07, 6.45) is 2.91. The average molecular weight is 355 g/mol. The molecule has 0 atom stereocenters. The maximum atomic E-state index is 5.25. The van der Waals surface area contributed by atoms with E-state index in [1.165, 1.54) is 11.3 Å². The van der Waals surface area contributed by atoms with E-state index < -0.39 is 0 Å². The summed E-state index contributed by atoms with van der Waals surface area (Å²) in [7, 11) is 0. The quantitative estimate of drug-likeness (QED) is 0.435. The van der Waals surface area contributed by atoms with Crippen molar-refractivity contribution in [3.8, 4) is 0 Å². The second-order valence-electron chi connectivity index (χ2n) is 5.86. The lowest BCUT2D eigenvalue weighted by Gasteiger charge is -2.22. The SMILES string of the molecule is CCCN(CC)c1ccc(C=NNC(=S)Nc2cccc(C)c2)cc1. The predicted octanol–water partition coefficient (Wildman–Crippen LogP) is 4.55. The molecular weight excluding hydrogens is 328 g/mol. The van der Waals surface area contributed by atoms with Crippen LogP contribution in [0.15, 0.2) is 53.6 Å². The highest BCUT2D eigenvalue weighted by molar-refractivity contribution is 7.80. The molecule has 0 saturated heterocycles. The number of thiocarbonyl (C=S) groups is 1. The number of rotatable bonds is 7. The van der Waals surface area contributed by atoms with E-state index in [2.05, 4.69) is 58.9 Å². The Morgan fingerprint density at radius 3 is 2.56 bits per heavy atom. The van der Waals surface area contributed by atoms with Crippen LogP contribution in [0.4, 0.5) is 11.4 Å². The van der Waals surface area contributed by atoms with Gasteiger partial charge in [0.2, 0.25) is 0 Å². The number of aryl methyl sites for hydroxylation is 1. The topological polar surface area (TPSA) is 39.7 Å². The molecule has 4 nitrogen and oxygen atoms in total. The Bertz CT molecular complexity index is 710. The van der Waals surface area contributed by atoms with Crippen LogP contribution in [0.3, 0.4) is 0 Å². The van der Waals surface area contributed by atoms with Crippen molar-refractivity contribution >= 4 is 34.9 Å². The molecule has 0 fully saturated rings. The van der Waals surface area contributed by atoms with E-state index in [9.17, 15) is 0 Å². The Labute approximate surface area is 155 Å². The van der Waals surface area contributed by atoms with E-state index in [1.54, 1.807) is 6.21 Å². The summed E-state index contributed by atoms with van der Waals surface area (Å²) in [5.41, 5.74) is 7.25. The van der Waals surface area contributed by atoms with E-state index in [1.807, 2.05) is 31.2 Å². The summed E-state index contributed by atoms with van der Waals surface area (Å²) in [5.74, 6) is 0. The molecule has 0 aliphatic heterocycles. The summed E-state index contributed by atoms with van der Waals surface area (Å²) in [4.78, 5) is 2.36. The van der Waals surface area contributed by atoms with Gasteiger partial charge in [0, 0.05) is 24.5 Å². The van der Waals surface area contributed by atoms with Gasteiger partial charge >= 0.3 is 0 Å². The fraction of sp³-hybridized carbons (Fsp3) is 0.300. The molecule has 2 aromatic carbocycles. The first-order valence-electron chi connectivity index (χ1n) is 8.64. The highest BCUT2D eigenvalue weighted by Gasteiger charge is 2.02. The summed E-state index contributed by atoms with van der Waals surface area (Å²) < 4.78 is 0. The fourth-order valence-corrected chi connectivity index (χ4v) is 2.73. The van der Waals surface area contributed by atoms with Crippen LogP contribution < -0.4 is 15.6 Å². The van der Waals surface area contributed by atoms with Crippen LogP contribution in [0.1, 0.15) is 31.4 Å². The van der Waals surface area contributed by atoms with Crippen molar-refractivity contribution in [1.82, 2.24) is 5.43 Å². The molecule has 0 heterocycles. The third-order valence-corrected chi connectivity index (χ3v) is 3.98. The molecule has 0 saturated carbocycles. The summed E-state index contributed by atoms with van der Waals surface area (Å²) in [5, 5.41) is 7.78. The summed E-state index contributed by atoms with van der Waals surface area (Å²) >= 11 is 5.25. The molecular formula is C20H26N4S. The van der Waals surface area contributed by atoms with Gasteiger partial charge in [0.25, 0.3) is 0 Å². The molecule has 132 valence electrons. The van der Waals surface area contributed by atoms with Gasteiger partial charge in [0.1, 0.15) is 0 Å². The average Bonchev–Trinajstić information content (AvgIpc) is 2.60. The first kappa shape index (κ1) is 18.9. The lowest BCUT2D eigenvalue weighted by molar-refractivity contribution is 0.792. The minimum atomic E-state index is 0.471.